The SMILES string of the molecule is Cc1ccc(-c2noc(CN3CCN(C(=O)c4ccc(=O)n(C)n4)CC3)n2)cc1. The van der Waals surface area contributed by atoms with Gasteiger partial charge in [0.05, 0.1) is 6.54 Å². The van der Waals surface area contributed by atoms with E-state index in [1.54, 1.807) is 4.90 Å². The molecule has 0 radical (unpaired) electrons. The summed E-state index contributed by atoms with van der Waals surface area (Å²) >= 11 is 0. The molecule has 9 nitrogen and oxygen atoms in total. The molecule has 1 amide bonds. The number of hydrogen-bond donors (Lipinski definition) is 0. The van der Waals surface area contributed by atoms with Crippen LogP contribution in [0, 0.1) is 6.92 Å². The largest absolute Gasteiger partial charge is 0.338 e. The summed E-state index contributed by atoms with van der Waals surface area (Å²) in [7, 11) is 1.53. The molecule has 0 atom stereocenters. The molecule has 1 saturated heterocycles. The molecular weight excluding hydrogens is 372 g/mol. The molecule has 0 aliphatic carbocycles. The topological polar surface area (TPSA) is 97.4 Å². The summed E-state index contributed by atoms with van der Waals surface area (Å²) in [4.78, 5) is 32.4. The first-order chi connectivity index (χ1) is 14.0. The number of benzene rings is 1. The Hall–Kier alpha value is -3.33. The second kappa shape index (κ2) is 7.96. The third-order valence-corrected chi connectivity index (χ3v) is 4.98. The fourth-order valence-corrected chi connectivity index (χ4v) is 3.22. The average Bonchev–Trinajstić information content (AvgIpc) is 3.19. The number of aryl methyl sites for hydroxylation is 2. The van der Waals surface area contributed by atoms with E-state index in [0.717, 1.165) is 5.56 Å². The van der Waals surface area contributed by atoms with Gasteiger partial charge in [-0.1, -0.05) is 35.0 Å². The zero-order chi connectivity index (χ0) is 20.4. The molecule has 0 saturated carbocycles. The number of amides is 1. The maximum absolute atomic E-state index is 12.6. The third kappa shape index (κ3) is 4.24. The van der Waals surface area contributed by atoms with Gasteiger partial charge in [0.25, 0.3) is 11.5 Å². The highest BCUT2D eigenvalue weighted by Crippen LogP contribution is 2.17. The van der Waals surface area contributed by atoms with Crippen molar-refractivity contribution in [3.05, 3.63) is 63.9 Å². The number of hydrogen-bond acceptors (Lipinski definition) is 7. The van der Waals surface area contributed by atoms with Crippen molar-refractivity contribution in [1.29, 1.82) is 0 Å². The molecule has 0 N–H and O–H groups in total. The Morgan fingerprint density at radius 2 is 1.79 bits per heavy atom. The molecule has 0 bridgehead atoms. The number of aromatic nitrogens is 4. The van der Waals surface area contributed by atoms with E-state index in [2.05, 4.69) is 20.1 Å². The monoisotopic (exact) mass is 394 g/mol. The van der Waals surface area contributed by atoms with Gasteiger partial charge in [-0.05, 0) is 13.0 Å². The maximum atomic E-state index is 12.6. The minimum Gasteiger partial charge on any atom is -0.338 e. The predicted molar refractivity (Wildman–Crippen MR) is 105 cm³/mol. The molecule has 3 heterocycles. The molecule has 1 aliphatic rings. The molecule has 2 aromatic heterocycles. The molecule has 1 aliphatic heterocycles. The summed E-state index contributed by atoms with van der Waals surface area (Å²) in [5.41, 5.74) is 2.14. The average molecular weight is 394 g/mol. The van der Waals surface area contributed by atoms with Crippen molar-refractivity contribution in [1.82, 2.24) is 29.7 Å². The highest BCUT2D eigenvalue weighted by molar-refractivity contribution is 5.92. The summed E-state index contributed by atoms with van der Waals surface area (Å²) in [5, 5.41) is 8.10. The third-order valence-electron chi connectivity index (χ3n) is 4.98. The lowest BCUT2D eigenvalue weighted by molar-refractivity contribution is 0.0607. The van der Waals surface area contributed by atoms with Crippen molar-refractivity contribution in [2.24, 2.45) is 7.05 Å². The minimum atomic E-state index is -0.240. The summed E-state index contributed by atoms with van der Waals surface area (Å²) in [5.74, 6) is 0.967. The normalized spacial score (nSPS) is 14.9. The standard InChI is InChI=1S/C20H22N6O3/c1-14-3-5-15(6-4-14)19-21-17(29-23-19)13-25-9-11-26(12-10-25)20(28)16-7-8-18(27)24(2)22-16/h3-8H,9-13H2,1-2H3. The van der Waals surface area contributed by atoms with Gasteiger partial charge in [0.1, 0.15) is 5.69 Å². The van der Waals surface area contributed by atoms with Crippen molar-refractivity contribution in [2.45, 2.75) is 13.5 Å². The summed E-state index contributed by atoms with van der Waals surface area (Å²) in [6.45, 7) is 5.11. The van der Waals surface area contributed by atoms with Crippen molar-refractivity contribution in [3.8, 4) is 11.4 Å². The maximum Gasteiger partial charge on any atom is 0.274 e. The summed E-state index contributed by atoms with van der Waals surface area (Å²) in [6, 6.07) is 10.8. The van der Waals surface area contributed by atoms with Gasteiger partial charge in [-0.25, -0.2) is 4.68 Å². The van der Waals surface area contributed by atoms with Crippen LogP contribution in [0.15, 0.2) is 45.7 Å². The second-order valence-electron chi connectivity index (χ2n) is 7.13. The first-order valence-corrected chi connectivity index (χ1v) is 9.45. The molecule has 9 heteroatoms. The molecule has 1 aromatic carbocycles. The van der Waals surface area contributed by atoms with Crippen LogP contribution >= 0.6 is 0 Å². The number of carbonyl (C=O) groups is 1. The molecule has 3 aromatic rings. The Kier molecular flexibility index (Phi) is 5.22. The van der Waals surface area contributed by atoms with Crippen LogP contribution in [0.3, 0.4) is 0 Å². The van der Waals surface area contributed by atoms with E-state index in [4.69, 9.17) is 4.52 Å². The van der Waals surface area contributed by atoms with Crippen LogP contribution in [-0.2, 0) is 13.6 Å². The van der Waals surface area contributed by atoms with Crippen LogP contribution in [0.25, 0.3) is 11.4 Å². The quantitative estimate of drug-likeness (QED) is 0.653. The first kappa shape index (κ1) is 19.0. The number of nitrogens with zero attached hydrogens (tertiary/aromatic N) is 6. The van der Waals surface area contributed by atoms with E-state index < -0.39 is 0 Å². The number of rotatable bonds is 4. The van der Waals surface area contributed by atoms with Crippen molar-refractivity contribution < 1.29 is 9.32 Å². The first-order valence-electron chi connectivity index (χ1n) is 9.45. The van der Waals surface area contributed by atoms with Crippen LogP contribution < -0.4 is 5.56 Å². The van der Waals surface area contributed by atoms with Gasteiger partial charge >= 0.3 is 0 Å². The molecular formula is C20H22N6O3. The Bertz CT molecular complexity index is 1060. The van der Waals surface area contributed by atoms with E-state index in [0.29, 0.717) is 44.4 Å². The van der Waals surface area contributed by atoms with Crippen LogP contribution in [0.4, 0.5) is 0 Å². The second-order valence-corrected chi connectivity index (χ2v) is 7.13. The molecule has 0 spiro atoms. The van der Waals surface area contributed by atoms with E-state index in [1.165, 1.54) is 29.4 Å². The Morgan fingerprint density at radius 1 is 1.07 bits per heavy atom. The number of carbonyl (C=O) groups excluding carboxylic acids is 1. The fraction of sp³-hybridized carbons (Fsp3) is 0.350. The predicted octanol–water partition coefficient (Wildman–Crippen LogP) is 1.10. The van der Waals surface area contributed by atoms with Gasteiger partial charge in [-0.2, -0.15) is 10.1 Å². The van der Waals surface area contributed by atoms with Crippen LogP contribution in [-0.4, -0.2) is 61.8 Å². The lowest BCUT2D eigenvalue weighted by Gasteiger charge is -2.33. The van der Waals surface area contributed by atoms with E-state index >= 15 is 0 Å². The van der Waals surface area contributed by atoms with Gasteiger partial charge in [-0.3, -0.25) is 14.5 Å². The van der Waals surface area contributed by atoms with E-state index in [-0.39, 0.29) is 17.2 Å². The molecule has 1 fully saturated rings. The van der Waals surface area contributed by atoms with Gasteiger partial charge < -0.3 is 9.42 Å². The summed E-state index contributed by atoms with van der Waals surface area (Å²) < 4.78 is 6.57. The van der Waals surface area contributed by atoms with Crippen LogP contribution in [0.2, 0.25) is 0 Å². The fourth-order valence-electron chi connectivity index (χ4n) is 3.22. The van der Waals surface area contributed by atoms with E-state index in [1.807, 2.05) is 31.2 Å². The van der Waals surface area contributed by atoms with Crippen molar-refractivity contribution in [3.63, 3.8) is 0 Å². The lowest BCUT2D eigenvalue weighted by atomic mass is 10.1. The lowest BCUT2D eigenvalue weighted by Crippen LogP contribution is -2.48. The van der Waals surface area contributed by atoms with Gasteiger partial charge in [-0.15, -0.1) is 0 Å². The molecule has 0 unspecified atom stereocenters. The van der Waals surface area contributed by atoms with Crippen LogP contribution in [0.5, 0.6) is 0 Å². The van der Waals surface area contributed by atoms with Crippen LogP contribution in [0.1, 0.15) is 21.9 Å². The minimum absolute atomic E-state index is 0.167. The van der Waals surface area contributed by atoms with Crippen molar-refractivity contribution >= 4 is 5.91 Å². The smallest absolute Gasteiger partial charge is 0.274 e. The van der Waals surface area contributed by atoms with Crippen molar-refractivity contribution in [2.75, 3.05) is 26.2 Å². The zero-order valence-corrected chi connectivity index (χ0v) is 16.4. The Balaban J connectivity index is 1.34. The van der Waals surface area contributed by atoms with Gasteiger partial charge in [0.15, 0.2) is 0 Å². The Morgan fingerprint density at radius 3 is 2.48 bits per heavy atom. The molecule has 29 heavy (non-hydrogen) atoms. The van der Waals surface area contributed by atoms with Gasteiger partial charge in [0, 0.05) is 44.9 Å². The summed E-state index contributed by atoms with van der Waals surface area (Å²) in [6.07, 6.45) is 0. The number of piperazine rings is 1. The highest BCUT2D eigenvalue weighted by Gasteiger charge is 2.24. The Labute approximate surface area is 167 Å². The molecule has 4 rings (SSSR count). The van der Waals surface area contributed by atoms with Gasteiger partial charge in [0.2, 0.25) is 11.7 Å². The molecule has 150 valence electrons. The highest BCUT2D eigenvalue weighted by atomic mass is 16.5. The zero-order valence-electron chi connectivity index (χ0n) is 16.4. The van der Waals surface area contributed by atoms with E-state index in [9.17, 15) is 9.59 Å².